The molecule has 2 heterocycles. The van der Waals surface area contributed by atoms with Crippen molar-refractivity contribution >= 4 is 23.1 Å². The van der Waals surface area contributed by atoms with Gasteiger partial charge in [-0.1, -0.05) is 4.49 Å². The highest BCUT2D eigenvalue weighted by Crippen LogP contribution is 2.22. The molecule has 14 heavy (non-hydrogen) atoms. The van der Waals surface area contributed by atoms with Gasteiger partial charge >= 0.3 is 0 Å². The molecule has 2 rings (SSSR count). The lowest BCUT2D eigenvalue weighted by Crippen LogP contribution is -2.41. The van der Waals surface area contributed by atoms with E-state index in [1.54, 1.807) is 0 Å². The van der Waals surface area contributed by atoms with Gasteiger partial charge in [0.05, 0.1) is 5.69 Å². The lowest BCUT2D eigenvalue weighted by Gasteiger charge is -2.35. The summed E-state index contributed by atoms with van der Waals surface area (Å²) >= 11 is 7.55. The van der Waals surface area contributed by atoms with Crippen molar-refractivity contribution in [3.05, 3.63) is 11.1 Å². The monoisotopic (exact) mass is 231 g/mol. The standard InChI is InChI=1S/C9H14ClN3S/c1-7-2-3-8(10)4-13(7)5-9-6-14-12-11-9/h6-8H,2-5H2,1H3. The molecular formula is C9H14ClN3S. The SMILES string of the molecule is CC1CCC(Cl)CN1Cc1csnn1. The van der Waals surface area contributed by atoms with Crippen LogP contribution >= 0.6 is 23.1 Å². The molecule has 0 N–H and O–H groups in total. The minimum Gasteiger partial charge on any atom is -0.293 e. The van der Waals surface area contributed by atoms with Crippen molar-refractivity contribution in [1.29, 1.82) is 0 Å². The highest BCUT2D eigenvalue weighted by molar-refractivity contribution is 7.03. The van der Waals surface area contributed by atoms with E-state index in [-0.39, 0.29) is 0 Å². The number of rotatable bonds is 2. The van der Waals surface area contributed by atoms with Crippen molar-refractivity contribution in [1.82, 2.24) is 14.5 Å². The van der Waals surface area contributed by atoms with Gasteiger partial charge in [0.1, 0.15) is 0 Å². The summed E-state index contributed by atoms with van der Waals surface area (Å²) in [5.41, 5.74) is 1.06. The number of piperidine rings is 1. The molecule has 0 amide bonds. The molecule has 0 aromatic carbocycles. The first kappa shape index (κ1) is 10.3. The predicted octanol–water partition coefficient (Wildman–Crippen LogP) is 2.13. The number of hydrogen-bond donors (Lipinski definition) is 0. The zero-order chi connectivity index (χ0) is 9.97. The van der Waals surface area contributed by atoms with E-state index in [1.165, 1.54) is 18.0 Å². The van der Waals surface area contributed by atoms with Gasteiger partial charge in [0, 0.05) is 29.9 Å². The Kier molecular flexibility index (Phi) is 3.36. The maximum Gasteiger partial charge on any atom is 0.0895 e. The van der Waals surface area contributed by atoms with E-state index in [4.69, 9.17) is 11.6 Å². The van der Waals surface area contributed by atoms with E-state index in [0.29, 0.717) is 11.4 Å². The highest BCUT2D eigenvalue weighted by Gasteiger charge is 2.24. The molecule has 0 aliphatic carbocycles. The number of alkyl halides is 1. The molecule has 2 unspecified atom stereocenters. The lowest BCUT2D eigenvalue weighted by molar-refractivity contribution is 0.153. The molecule has 0 spiro atoms. The summed E-state index contributed by atoms with van der Waals surface area (Å²) in [6, 6.07) is 0.617. The van der Waals surface area contributed by atoms with Crippen molar-refractivity contribution in [2.75, 3.05) is 6.54 Å². The van der Waals surface area contributed by atoms with Gasteiger partial charge in [-0.25, -0.2) is 0 Å². The summed E-state index contributed by atoms with van der Waals surface area (Å²) in [6.07, 6.45) is 2.32. The summed E-state index contributed by atoms with van der Waals surface area (Å²) in [4.78, 5) is 2.39. The molecule has 1 aliphatic heterocycles. The Morgan fingerprint density at radius 1 is 1.64 bits per heavy atom. The quantitative estimate of drug-likeness (QED) is 0.731. The smallest absolute Gasteiger partial charge is 0.0895 e. The molecule has 5 heteroatoms. The van der Waals surface area contributed by atoms with Gasteiger partial charge < -0.3 is 0 Å². The molecule has 1 aromatic heterocycles. The van der Waals surface area contributed by atoms with Crippen LogP contribution in [-0.4, -0.2) is 32.5 Å². The van der Waals surface area contributed by atoms with Gasteiger partial charge in [-0.15, -0.1) is 16.7 Å². The molecule has 1 aliphatic rings. The fraction of sp³-hybridized carbons (Fsp3) is 0.778. The molecule has 0 bridgehead atoms. The molecule has 0 radical (unpaired) electrons. The molecule has 1 aromatic rings. The van der Waals surface area contributed by atoms with Crippen LogP contribution in [0.15, 0.2) is 5.38 Å². The Bertz CT molecular complexity index is 278. The minimum atomic E-state index is 0.304. The number of aromatic nitrogens is 2. The van der Waals surface area contributed by atoms with Gasteiger partial charge in [-0.05, 0) is 31.3 Å². The molecule has 1 saturated heterocycles. The Balaban J connectivity index is 1.95. The maximum atomic E-state index is 6.14. The third kappa shape index (κ3) is 2.43. The maximum absolute atomic E-state index is 6.14. The first-order chi connectivity index (χ1) is 6.75. The Labute approximate surface area is 93.2 Å². The van der Waals surface area contributed by atoms with E-state index >= 15 is 0 Å². The zero-order valence-electron chi connectivity index (χ0n) is 8.19. The second-order valence-corrected chi connectivity index (χ2v) is 5.08. The second kappa shape index (κ2) is 4.55. The normalized spacial score (nSPS) is 29.3. The van der Waals surface area contributed by atoms with Crippen LogP contribution in [-0.2, 0) is 6.54 Å². The van der Waals surface area contributed by atoms with E-state index < -0.39 is 0 Å². The number of halogens is 1. The first-order valence-corrected chi connectivity index (χ1v) is 6.17. The van der Waals surface area contributed by atoms with Crippen LogP contribution in [0.2, 0.25) is 0 Å². The zero-order valence-corrected chi connectivity index (χ0v) is 9.76. The third-order valence-corrected chi connectivity index (χ3v) is 3.63. The molecular weight excluding hydrogens is 218 g/mol. The second-order valence-electron chi connectivity index (χ2n) is 3.85. The summed E-state index contributed by atoms with van der Waals surface area (Å²) in [5, 5.41) is 6.36. The third-order valence-electron chi connectivity index (χ3n) is 2.72. The van der Waals surface area contributed by atoms with Crippen molar-refractivity contribution in [3.8, 4) is 0 Å². The number of likely N-dealkylation sites (tertiary alicyclic amines) is 1. The van der Waals surface area contributed by atoms with E-state index in [1.807, 2.05) is 5.38 Å². The Hall–Kier alpha value is -0.190. The average molecular weight is 232 g/mol. The van der Waals surface area contributed by atoms with Crippen LogP contribution in [0.5, 0.6) is 0 Å². The van der Waals surface area contributed by atoms with Crippen LogP contribution in [0.1, 0.15) is 25.5 Å². The van der Waals surface area contributed by atoms with Crippen LogP contribution in [0.3, 0.4) is 0 Å². The van der Waals surface area contributed by atoms with Gasteiger partial charge in [-0.2, -0.15) is 0 Å². The summed E-state index contributed by atoms with van der Waals surface area (Å²) in [7, 11) is 0. The van der Waals surface area contributed by atoms with Gasteiger partial charge in [0.15, 0.2) is 0 Å². The van der Waals surface area contributed by atoms with Gasteiger partial charge in [0.25, 0.3) is 0 Å². The predicted molar refractivity (Wildman–Crippen MR) is 58.7 cm³/mol. The minimum absolute atomic E-state index is 0.304. The number of hydrogen-bond acceptors (Lipinski definition) is 4. The number of nitrogens with zero attached hydrogens (tertiary/aromatic N) is 3. The lowest BCUT2D eigenvalue weighted by atomic mass is 10.0. The van der Waals surface area contributed by atoms with Crippen molar-refractivity contribution in [2.45, 2.75) is 37.7 Å². The molecule has 3 nitrogen and oxygen atoms in total. The van der Waals surface area contributed by atoms with Gasteiger partial charge in [0.2, 0.25) is 0 Å². The van der Waals surface area contributed by atoms with Crippen LogP contribution in [0.25, 0.3) is 0 Å². The first-order valence-electron chi connectivity index (χ1n) is 4.90. The summed E-state index contributed by atoms with van der Waals surface area (Å²) in [6.45, 7) is 4.11. The van der Waals surface area contributed by atoms with Crippen molar-refractivity contribution < 1.29 is 0 Å². The summed E-state index contributed by atoms with van der Waals surface area (Å²) in [5.74, 6) is 0. The molecule has 1 fully saturated rings. The van der Waals surface area contributed by atoms with Crippen LogP contribution in [0, 0.1) is 0 Å². The van der Waals surface area contributed by atoms with E-state index in [0.717, 1.165) is 25.2 Å². The molecule has 78 valence electrons. The Morgan fingerprint density at radius 2 is 2.50 bits per heavy atom. The van der Waals surface area contributed by atoms with Crippen LogP contribution < -0.4 is 0 Å². The van der Waals surface area contributed by atoms with Crippen molar-refractivity contribution in [3.63, 3.8) is 0 Å². The van der Waals surface area contributed by atoms with Crippen LogP contribution in [0.4, 0.5) is 0 Å². The largest absolute Gasteiger partial charge is 0.293 e. The molecule has 0 saturated carbocycles. The topological polar surface area (TPSA) is 29.0 Å². The van der Waals surface area contributed by atoms with E-state index in [2.05, 4.69) is 21.4 Å². The fourth-order valence-corrected chi connectivity index (χ4v) is 2.56. The Morgan fingerprint density at radius 3 is 3.21 bits per heavy atom. The molecule has 2 atom stereocenters. The highest BCUT2D eigenvalue weighted by atomic mass is 35.5. The van der Waals surface area contributed by atoms with Gasteiger partial charge in [-0.3, -0.25) is 4.90 Å². The fourth-order valence-electron chi connectivity index (χ4n) is 1.81. The summed E-state index contributed by atoms with van der Waals surface area (Å²) < 4.78 is 3.86. The van der Waals surface area contributed by atoms with Crippen molar-refractivity contribution in [2.24, 2.45) is 0 Å². The van der Waals surface area contributed by atoms with E-state index in [9.17, 15) is 0 Å². The average Bonchev–Trinajstić information content (AvgIpc) is 2.64.